The van der Waals surface area contributed by atoms with Gasteiger partial charge in [-0.25, -0.2) is 9.48 Å². The number of rotatable bonds is 4. The number of ether oxygens (including phenoxy) is 1. The number of halogens is 2. The van der Waals surface area contributed by atoms with Crippen LogP contribution in [0.25, 0.3) is 27.8 Å². The highest BCUT2D eigenvalue weighted by Gasteiger charge is 2.17. The number of esters is 1. The van der Waals surface area contributed by atoms with E-state index in [2.05, 4.69) is 41.9 Å². The summed E-state index contributed by atoms with van der Waals surface area (Å²) in [6.45, 7) is 1.96. The van der Waals surface area contributed by atoms with Crippen molar-refractivity contribution in [3.8, 4) is 22.7 Å². The molecule has 0 bridgehead atoms. The van der Waals surface area contributed by atoms with Gasteiger partial charge in [0.15, 0.2) is 5.75 Å². The van der Waals surface area contributed by atoms with Crippen molar-refractivity contribution in [1.29, 1.82) is 0 Å². The summed E-state index contributed by atoms with van der Waals surface area (Å²) in [4.78, 5) is 17.3. The molecule has 5 nitrogen and oxygen atoms in total. The Balaban J connectivity index is 1.45. The molecule has 0 saturated carbocycles. The average molecular weight is 563 g/mol. The van der Waals surface area contributed by atoms with Gasteiger partial charge in [0.25, 0.3) is 0 Å². The standard InChI is InChI=1S/C26H17Br2N3O2/c1-16-14-23(17-6-3-2-4-7-17)31(30-16)19-11-9-18(10-12-19)26(32)33-25-22(28)15-21(27)20-8-5-13-29-24(20)25/h2-15H,1H3. The number of hydrogen-bond donors (Lipinski definition) is 0. The van der Waals surface area contributed by atoms with Gasteiger partial charge in [0, 0.05) is 21.6 Å². The minimum absolute atomic E-state index is 0.386. The second kappa shape index (κ2) is 8.92. The normalized spacial score (nSPS) is 11.0. The first kappa shape index (κ1) is 21.6. The molecule has 0 radical (unpaired) electrons. The summed E-state index contributed by atoms with van der Waals surface area (Å²) in [5.74, 6) is -0.0756. The monoisotopic (exact) mass is 561 g/mol. The van der Waals surface area contributed by atoms with Gasteiger partial charge in [0.1, 0.15) is 5.52 Å². The molecule has 0 saturated heterocycles. The van der Waals surface area contributed by atoms with Crippen molar-refractivity contribution in [3.63, 3.8) is 0 Å². The Labute approximate surface area is 207 Å². The Morgan fingerprint density at radius 3 is 2.42 bits per heavy atom. The molecule has 0 aliphatic carbocycles. The van der Waals surface area contributed by atoms with Gasteiger partial charge in [0.05, 0.1) is 27.1 Å². The molecular weight excluding hydrogens is 546 g/mol. The largest absolute Gasteiger partial charge is 0.419 e. The fourth-order valence-corrected chi connectivity index (χ4v) is 5.00. The lowest BCUT2D eigenvalue weighted by molar-refractivity contribution is 0.0735. The minimum atomic E-state index is -0.462. The van der Waals surface area contributed by atoms with Crippen LogP contribution in [0.2, 0.25) is 0 Å². The van der Waals surface area contributed by atoms with Gasteiger partial charge in [-0.15, -0.1) is 0 Å². The van der Waals surface area contributed by atoms with Crippen LogP contribution in [0.3, 0.4) is 0 Å². The molecule has 7 heteroatoms. The van der Waals surface area contributed by atoms with Gasteiger partial charge < -0.3 is 4.74 Å². The Morgan fingerprint density at radius 2 is 1.67 bits per heavy atom. The molecular formula is C26H17Br2N3O2. The highest BCUT2D eigenvalue weighted by molar-refractivity contribution is 9.11. The van der Waals surface area contributed by atoms with E-state index < -0.39 is 5.97 Å². The number of aryl methyl sites for hydroxylation is 1. The van der Waals surface area contributed by atoms with E-state index >= 15 is 0 Å². The fraction of sp³-hybridized carbons (Fsp3) is 0.0385. The number of aromatic nitrogens is 3. The van der Waals surface area contributed by atoms with Crippen molar-refractivity contribution in [2.75, 3.05) is 0 Å². The zero-order valence-corrected chi connectivity index (χ0v) is 20.7. The maximum Gasteiger partial charge on any atom is 0.343 e. The molecule has 33 heavy (non-hydrogen) atoms. The predicted molar refractivity (Wildman–Crippen MR) is 136 cm³/mol. The summed E-state index contributed by atoms with van der Waals surface area (Å²) >= 11 is 7.01. The molecule has 3 aromatic carbocycles. The lowest BCUT2D eigenvalue weighted by Gasteiger charge is -2.11. The first-order valence-electron chi connectivity index (χ1n) is 10.2. The van der Waals surface area contributed by atoms with E-state index in [1.54, 1.807) is 18.3 Å². The van der Waals surface area contributed by atoms with Crippen molar-refractivity contribution in [2.45, 2.75) is 6.92 Å². The minimum Gasteiger partial charge on any atom is -0.419 e. The molecule has 0 aliphatic rings. The molecule has 0 fully saturated rings. The van der Waals surface area contributed by atoms with Crippen LogP contribution in [0, 0.1) is 6.92 Å². The molecule has 0 atom stereocenters. The second-order valence-corrected chi connectivity index (χ2v) is 9.16. The van der Waals surface area contributed by atoms with Crippen LogP contribution in [0.1, 0.15) is 16.1 Å². The first-order valence-corrected chi connectivity index (χ1v) is 11.8. The zero-order valence-electron chi connectivity index (χ0n) is 17.5. The Kier molecular flexibility index (Phi) is 5.83. The lowest BCUT2D eigenvalue weighted by atomic mass is 10.1. The van der Waals surface area contributed by atoms with Crippen molar-refractivity contribution >= 4 is 48.7 Å². The van der Waals surface area contributed by atoms with Gasteiger partial charge >= 0.3 is 5.97 Å². The number of hydrogen-bond acceptors (Lipinski definition) is 4. The molecule has 0 unspecified atom stereocenters. The smallest absolute Gasteiger partial charge is 0.343 e. The SMILES string of the molecule is Cc1cc(-c2ccccc2)n(-c2ccc(C(=O)Oc3c(Br)cc(Br)c4cccnc34)cc2)n1. The molecule has 5 aromatic rings. The first-order chi connectivity index (χ1) is 16.0. The summed E-state index contributed by atoms with van der Waals surface area (Å²) in [5, 5.41) is 5.50. The average Bonchev–Trinajstić information content (AvgIpc) is 3.24. The molecule has 2 aromatic heterocycles. The number of carbonyl (C=O) groups excluding carboxylic acids is 1. The van der Waals surface area contributed by atoms with E-state index in [0.29, 0.717) is 21.3 Å². The fourth-order valence-electron chi connectivity index (χ4n) is 3.64. The molecule has 0 amide bonds. The highest BCUT2D eigenvalue weighted by atomic mass is 79.9. The van der Waals surface area contributed by atoms with Crippen molar-refractivity contribution < 1.29 is 9.53 Å². The third kappa shape index (κ3) is 4.21. The van der Waals surface area contributed by atoms with E-state index in [1.165, 1.54) is 0 Å². The Morgan fingerprint density at radius 1 is 0.909 bits per heavy atom. The van der Waals surface area contributed by atoms with Crippen LogP contribution in [0.5, 0.6) is 5.75 Å². The number of benzene rings is 3. The third-order valence-corrected chi connectivity index (χ3v) is 6.44. The lowest BCUT2D eigenvalue weighted by Crippen LogP contribution is -2.10. The quantitative estimate of drug-likeness (QED) is 0.172. The number of carbonyl (C=O) groups is 1. The van der Waals surface area contributed by atoms with Gasteiger partial charge in [0.2, 0.25) is 0 Å². The zero-order chi connectivity index (χ0) is 22.9. The van der Waals surface area contributed by atoms with Crippen LogP contribution in [-0.4, -0.2) is 20.7 Å². The predicted octanol–water partition coefficient (Wildman–Crippen LogP) is 7.14. The maximum absolute atomic E-state index is 12.9. The maximum atomic E-state index is 12.9. The van der Waals surface area contributed by atoms with E-state index in [-0.39, 0.29) is 0 Å². The summed E-state index contributed by atoms with van der Waals surface area (Å²) in [6.07, 6.45) is 1.67. The van der Waals surface area contributed by atoms with Crippen LogP contribution in [0.4, 0.5) is 0 Å². The van der Waals surface area contributed by atoms with E-state index in [4.69, 9.17) is 4.74 Å². The Hall–Kier alpha value is -3.29. The molecule has 0 N–H and O–H groups in total. The van der Waals surface area contributed by atoms with Crippen molar-refractivity contribution in [2.24, 2.45) is 0 Å². The summed E-state index contributed by atoms with van der Waals surface area (Å²) < 4.78 is 9.14. The van der Waals surface area contributed by atoms with E-state index in [0.717, 1.165) is 32.5 Å². The number of nitrogens with zero attached hydrogens (tertiary/aromatic N) is 3. The molecule has 2 heterocycles. The Bertz CT molecular complexity index is 1480. The molecule has 0 aliphatic heterocycles. The number of pyridine rings is 1. The van der Waals surface area contributed by atoms with Crippen LogP contribution >= 0.6 is 31.9 Å². The molecule has 0 spiro atoms. The van der Waals surface area contributed by atoms with E-state index in [1.807, 2.05) is 78.3 Å². The summed E-state index contributed by atoms with van der Waals surface area (Å²) in [6, 6.07) is 24.9. The summed E-state index contributed by atoms with van der Waals surface area (Å²) in [7, 11) is 0. The topological polar surface area (TPSA) is 57.0 Å². The third-order valence-electron chi connectivity index (χ3n) is 5.19. The van der Waals surface area contributed by atoms with E-state index in [9.17, 15) is 4.79 Å². The van der Waals surface area contributed by atoms with Gasteiger partial charge in [-0.1, -0.05) is 52.3 Å². The van der Waals surface area contributed by atoms with Gasteiger partial charge in [-0.05, 0) is 65.3 Å². The van der Waals surface area contributed by atoms with Gasteiger partial charge in [-0.3, -0.25) is 4.98 Å². The highest BCUT2D eigenvalue weighted by Crippen LogP contribution is 2.37. The van der Waals surface area contributed by atoms with Crippen molar-refractivity contribution in [1.82, 2.24) is 14.8 Å². The van der Waals surface area contributed by atoms with Crippen LogP contribution in [-0.2, 0) is 0 Å². The van der Waals surface area contributed by atoms with Crippen molar-refractivity contribution in [3.05, 3.63) is 105 Å². The second-order valence-electron chi connectivity index (χ2n) is 7.45. The molecule has 162 valence electrons. The molecule has 5 rings (SSSR count). The number of fused-ring (bicyclic) bond motifs is 1. The van der Waals surface area contributed by atoms with Gasteiger partial charge in [-0.2, -0.15) is 5.10 Å². The summed E-state index contributed by atoms with van der Waals surface area (Å²) in [5.41, 5.74) is 4.86. The van der Waals surface area contributed by atoms with Crippen LogP contribution in [0.15, 0.2) is 94.0 Å². The van der Waals surface area contributed by atoms with Crippen LogP contribution < -0.4 is 4.74 Å².